The number of hydrogen-bond donors (Lipinski definition) is 1. The average molecular weight is 263 g/mol. The first-order valence-electron chi connectivity index (χ1n) is 5.98. The van der Waals surface area contributed by atoms with Gasteiger partial charge in [0.25, 0.3) is 0 Å². The Balaban J connectivity index is 2.24. The monoisotopic (exact) mass is 263 g/mol. The van der Waals surface area contributed by atoms with Crippen LogP contribution in [0.5, 0.6) is 11.5 Å². The van der Waals surface area contributed by atoms with Crippen LogP contribution >= 0.6 is 0 Å². The van der Waals surface area contributed by atoms with Gasteiger partial charge in [-0.2, -0.15) is 0 Å². The minimum atomic E-state index is -0.103. The summed E-state index contributed by atoms with van der Waals surface area (Å²) in [6.45, 7) is 3.93. The number of methoxy groups -OCH3 is 1. The Hall–Kier alpha value is -2.01. The summed E-state index contributed by atoms with van der Waals surface area (Å²) in [6.07, 6.45) is 0. The average Bonchev–Trinajstić information content (AvgIpc) is 2.75. The molecule has 1 N–H and O–H groups in total. The third-order valence-corrected chi connectivity index (χ3v) is 2.99. The van der Waals surface area contributed by atoms with Crippen molar-refractivity contribution in [2.45, 2.75) is 27.1 Å². The molecule has 2 aromatic rings. The number of para-hydroxylation sites is 1. The molecule has 0 radical (unpaired) electrons. The van der Waals surface area contributed by atoms with Crippen LogP contribution in [0.1, 0.15) is 22.6 Å². The smallest absolute Gasteiger partial charge is 0.167 e. The molecule has 0 amide bonds. The first-order chi connectivity index (χ1) is 9.17. The van der Waals surface area contributed by atoms with E-state index in [2.05, 4.69) is 5.16 Å². The maximum Gasteiger partial charge on any atom is 0.167 e. The second kappa shape index (κ2) is 5.75. The molecule has 0 fully saturated rings. The standard InChI is InChI=1S/C14H17NO4/c1-9-12(10(2)19-15-9)8-18-14-11(7-16)5-4-6-13(14)17-3/h4-6,16H,7-8H2,1-3H3. The SMILES string of the molecule is COc1cccc(CO)c1OCc1c(C)noc1C. The van der Waals surface area contributed by atoms with Crippen LogP contribution in [0, 0.1) is 13.8 Å². The highest BCUT2D eigenvalue weighted by atomic mass is 16.5. The van der Waals surface area contributed by atoms with E-state index in [1.54, 1.807) is 19.2 Å². The summed E-state index contributed by atoms with van der Waals surface area (Å²) in [5.74, 6) is 1.88. The lowest BCUT2D eigenvalue weighted by Crippen LogP contribution is -2.02. The normalized spacial score (nSPS) is 10.5. The van der Waals surface area contributed by atoms with Gasteiger partial charge in [0.05, 0.1) is 25.0 Å². The Kier molecular flexibility index (Phi) is 4.06. The molecule has 0 atom stereocenters. The van der Waals surface area contributed by atoms with Crippen LogP contribution in [0.4, 0.5) is 0 Å². The number of rotatable bonds is 5. The summed E-state index contributed by atoms with van der Waals surface area (Å²) in [7, 11) is 1.57. The summed E-state index contributed by atoms with van der Waals surface area (Å²) in [5, 5.41) is 13.2. The van der Waals surface area contributed by atoms with Crippen molar-refractivity contribution in [3.8, 4) is 11.5 Å². The molecule has 5 heteroatoms. The molecule has 2 rings (SSSR count). The number of nitrogens with zero attached hydrogens (tertiary/aromatic N) is 1. The highest BCUT2D eigenvalue weighted by molar-refractivity contribution is 5.46. The number of aromatic nitrogens is 1. The molecule has 0 spiro atoms. The molecular formula is C14H17NO4. The van der Waals surface area contributed by atoms with E-state index in [1.165, 1.54) is 0 Å². The lowest BCUT2D eigenvalue weighted by Gasteiger charge is -2.13. The van der Waals surface area contributed by atoms with Gasteiger partial charge in [-0.05, 0) is 19.9 Å². The van der Waals surface area contributed by atoms with Crippen molar-refractivity contribution in [3.63, 3.8) is 0 Å². The van der Waals surface area contributed by atoms with Crippen LogP contribution in [0.15, 0.2) is 22.7 Å². The molecule has 0 saturated carbocycles. The second-order valence-corrected chi connectivity index (χ2v) is 4.20. The van der Waals surface area contributed by atoms with Gasteiger partial charge in [-0.1, -0.05) is 17.3 Å². The van der Waals surface area contributed by atoms with E-state index in [4.69, 9.17) is 14.0 Å². The Bertz CT molecular complexity index is 521. The molecule has 0 saturated heterocycles. The van der Waals surface area contributed by atoms with E-state index in [0.29, 0.717) is 23.7 Å². The van der Waals surface area contributed by atoms with E-state index >= 15 is 0 Å². The maximum absolute atomic E-state index is 9.34. The summed E-state index contributed by atoms with van der Waals surface area (Å²) in [6, 6.07) is 5.40. The van der Waals surface area contributed by atoms with Gasteiger partial charge in [0.1, 0.15) is 12.4 Å². The van der Waals surface area contributed by atoms with Gasteiger partial charge < -0.3 is 19.1 Å². The van der Waals surface area contributed by atoms with Crippen molar-refractivity contribution in [1.82, 2.24) is 5.16 Å². The Labute approximate surface area is 111 Å². The van der Waals surface area contributed by atoms with Gasteiger partial charge in [-0.25, -0.2) is 0 Å². The largest absolute Gasteiger partial charge is 0.493 e. The van der Waals surface area contributed by atoms with Gasteiger partial charge >= 0.3 is 0 Å². The molecule has 1 aromatic carbocycles. The number of aryl methyl sites for hydroxylation is 2. The molecule has 0 aliphatic carbocycles. The van der Waals surface area contributed by atoms with Crippen molar-refractivity contribution in [2.24, 2.45) is 0 Å². The van der Waals surface area contributed by atoms with E-state index in [1.807, 2.05) is 19.9 Å². The molecule has 102 valence electrons. The van der Waals surface area contributed by atoms with Crippen molar-refractivity contribution in [1.29, 1.82) is 0 Å². The van der Waals surface area contributed by atoms with Gasteiger partial charge in [0.2, 0.25) is 0 Å². The first-order valence-corrected chi connectivity index (χ1v) is 5.98. The third-order valence-electron chi connectivity index (χ3n) is 2.99. The highest BCUT2D eigenvalue weighted by Crippen LogP contribution is 2.32. The first kappa shape index (κ1) is 13.4. The van der Waals surface area contributed by atoms with Crippen LogP contribution in [0.3, 0.4) is 0 Å². The maximum atomic E-state index is 9.34. The van der Waals surface area contributed by atoms with Gasteiger partial charge in [-0.3, -0.25) is 0 Å². The summed E-state index contributed by atoms with van der Waals surface area (Å²) < 4.78 is 16.1. The highest BCUT2D eigenvalue weighted by Gasteiger charge is 2.14. The molecule has 0 aliphatic heterocycles. The summed E-state index contributed by atoms with van der Waals surface area (Å²) >= 11 is 0. The molecule has 0 unspecified atom stereocenters. The lowest BCUT2D eigenvalue weighted by atomic mass is 10.2. The van der Waals surface area contributed by atoms with Crippen LogP contribution in [-0.2, 0) is 13.2 Å². The molecule has 19 heavy (non-hydrogen) atoms. The van der Waals surface area contributed by atoms with E-state index in [0.717, 1.165) is 17.0 Å². The van der Waals surface area contributed by atoms with Gasteiger partial charge in [0.15, 0.2) is 11.5 Å². The number of hydrogen-bond acceptors (Lipinski definition) is 5. The van der Waals surface area contributed by atoms with E-state index in [9.17, 15) is 5.11 Å². The van der Waals surface area contributed by atoms with Crippen molar-refractivity contribution in [3.05, 3.63) is 40.8 Å². The van der Waals surface area contributed by atoms with Crippen LogP contribution in [0.2, 0.25) is 0 Å². The predicted octanol–water partition coefficient (Wildman–Crippen LogP) is 2.37. The fourth-order valence-electron chi connectivity index (χ4n) is 1.86. The molecule has 1 aromatic heterocycles. The van der Waals surface area contributed by atoms with Crippen molar-refractivity contribution >= 4 is 0 Å². The van der Waals surface area contributed by atoms with Gasteiger partial charge in [0, 0.05) is 5.56 Å². The summed E-state index contributed by atoms with van der Waals surface area (Å²) in [4.78, 5) is 0. The zero-order chi connectivity index (χ0) is 13.8. The Morgan fingerprint density at radius 1 is 1.32 bits per heavy atom. The zero-order valence-corrected chi connectivity index (χ0v) is 11.3. The van der Waals surface area contributed by atoms with Crippen molar-refractivity contribution < 1.29 is 19.1 Å². The molecule has 0 aliphatic rings. The van der Waals surface area contributed by atoms with E-state index < -0.39 is 0 Å². The molecule has 1 heterocycles. The quantitative estimate of drug-likeness (QED) is 0.897. The fraction of sp³-hybridized carbons (Fsp3) is 0.357. The fourth-order valence-corrected chi connectivity index (χ4v) is 1.86. The number of aliphatic hydroxyl groups is 1. The van der Waals surface area contributed by atoms with E-state index in [-0.39, 0.29) is 6.61 Å². The molecule has 0 bridgehead atoms. The lowest BCUT2D eigenvalue weighted by molar-refractivity contribution is 0.248. The Morgan fingerprint density at radius 3 is 2.68 bits per heavy atom. The number of benzene rings is 1. The minimum Gasteiger partial charge on any atom is -0.493 e. The van der Waals surface area contributed by atoms with Crippen molar-refractivity contribution in [2.75, 3.05) is 7.11 Å². The summed E-state index contributed by atoms with van der Waals surface area (Å²) in [5.41, 5.74) is 2.40. The molecule has 5 nitrogen and oxygen atoms in total. The second-order valence-electron chi connectivity index (χ2n) is 4.20. The zero-order valence-electron chi connectivity index (χ0n) is 11.3. The number of aliphatic hydroxyl groups excluding tert-OH is 1. The van der Waals surface area contributed by atoms with Crippen LogP contribution < -0.4 is 9.47 Å². The topological polar surface area (TPSA) is 64.7 Å². The third kappa shape index (κ3) is 2.71. The van der Waals surface area contributed by atoms with Crippen LogP contribution in [0.25, 0.3) is 0 Å². The number of ether oxygens (including phenoxy) is 2. The predicted molar refractivity (Wildman–Crippen MR) is 69.2 cm³/mol. The van der Waals surface area contributed by atoms with Crippen LogP contribution in [-0.4, -0.2) is 17.4 Å². The Morgan fingerprint density at radius 2 is 2.11 bits per heavy atom. The minimum absolute atomic E-state index is 0.103. The molecular weight excluding hydrogens is 246 g/mol. The van der Waals surface area contributed by atoms with Gasteiger partial charge in [-0.15, -0.1) is 0 Å².